The van der Waals surface area contributed by atoms with Crippen LogP contribution in [-0.4, -0.2) is 62.0 Å². The van der Waals surface area contributed by atoms with E-state index in [1.807, 2.05) is 12.3 Å². The van der Waals surface area contributed by atoms with Crippen molar-refractivity contribution in [1.82, 2.24) is 14.8 Å². The Bertz CT molecular complexity index is 885. The number of halogens is 1. The lowest BCUT2D eigenvalue weighted by molar-refractivity contribution is 0.0536. The Morgan fingerprint density at radius 2 is 1.94 bits per heavy atom. The van der Waals surface area contributed by atoms with Crippen molar-refractivity contribution in [2.75, 3.05) is 46.6 Å². The average molecular weight is 554 g/mol. The van der Waals surface area contributed by atoms with Gasteiger partial charge >= 0.3 is 0 Å². The molecule has 1 fully saturated rings. The number of aromatic nitrogens is 1. The first-order chi connectivity index (χ1) is 15.2. The molecular weight excluding hydrogens is 519 g/mol. The number of nitrogens with zero attached hydrogens (tertiary/aromatic N) is 3. The van der Waals surface area contributed by atoms with E-state index in [1.165, 1.54) is 0 Å². The van der Waals surface area contributed by atoms with Crippen LogP contribution in [0.4, 0.5) is 0 Å². The van der Waals surface area contributed by atoms with Gasteiger partial charge in [-0.15, -0.1) is 24.0 Å². The van der Waals surface area contributed by atoms with Crippen molar-refractivity contribution >= 4 is 29.9 Å². The van der Waals surface area contributed by atoms with Gasteiger partial charge in [-0.05, 0) is 30.5 Å². The molecule has 0 bridgehead atoms. The molecule has 32 heavy (non-hydrogen) atoms. The maximum absolute atomic E-state index is 11.9. The molecule has 1 N–H and O–H groups in total. The fourth-order valence-corrected chi connectivity index (χ4v) is 3.68. The Kier molecular flexibility index (Phi) is 11.8. The minimum atomic E-state index is 0. The van der Waals surface area contributed by atoms with E-state index in [9.17, 15) is 4.79 Å². The van der Waals surface area contributed by atoms with E-state index in [0.29, 0.717) is 32.2 Å². The summed E-state index contributed by atoms with van der Waals surface area (Å²) in [5.41, 5.74) is 2.27. The molecule has 1 aromatic carbocycles. The largest absolute Gasteiger partial charge is 0.382 e. The molecule has 0 amide bonds. The standard InChI is InChI=1S/C24H34N4O3.HI/c1-3-25-24(28-13-11-22(18-28)19-31-15-14-30-2)26-16-20-7-9-21(10-8-20)17-27-12-5-4-6-23(27)29;/h4-10,12,22H,3,11,13-19H2,1-2H3,(H,25,26);1H. The van der Waals surface area contributed by atoms with Crippen LogP contribution in [0.15, 0.2) is 58.4 Å². The SMILES string of the molecule is CCNC(=NCc1ccc(Cn2ccccc2=O)cc1)N1CCC(COCCOC)C1.I. The first-order valence-electron chi connectivity index (χ1n) is 11.0. The number of ether oxygens (including phenoxy) is 2. The van der Waals surface area contributed by atoms with Crippen molar-refractivity contribution in [2.24, 2.45) is 10.9 Å². The van der Waals surface area contributed by atoms with Crippen molar-refractivity contribution in [1.29, 1.82) is 0 Å². The Morgan fingerprint density at radius 3 is 2.66 bits per heavy atom. The number of rotatable bonds is 10. The van der Waals surface area contributed by atoms with Gasteiger partial charge in [0.2, 0.25) is 0 Å². The zero-order chi connectivity index (χ0) is 21.9. The number of guanidine groups is 1. The van der Waals surface area contributed by atoms with Crippen LogP contribution in [0.2, 0.25) is 0 Å². The van der Waals surface area contributed by atoms with Crippen LogP contribution >= 0.6 is 24.0 Å². The molecule has 2 heterocycles. The monoisotopic (exact) mass is 554 g/mol. The smallest absolute Gasteiger partial charge is 0.250 e. The van der Waals surface area contributed by atoms with Crippen molar-refractivity contribution in [3.63, 3.8) is 0 Å². The highest BCUT2D eigenvalue weighted by molar-refractivity contribution is 14.0. The van der Waals surface area contributed by atoms with E-state index in [1.54, 1.807) is 23.8 Å². The molecule has 0 radical (unpaired) electrons. The molecule has 0 spiro atoms. The second kappa shape index (κ2) is 14.3. The van der Waals surface area contributed by atoms with Crippen molar-refractivity contribution in [2.45, 2.75) is 26.4 Å². The molecule has 2 aromatic rings. The molecule has 3 rings (SSSR count). The average Bonchev–Trinajstić information content (AvgIpc) is 3.25. The summed E-state index contributed by atoms with van der Waals surface area (Å²) in [5, 5.41) is 3.42. The summed E-state index contributed by atoms with van der Waals surface area (Å²) in [6, 6.07) is 13.5. The number of nitrogens with one attached hydrogen (secondary N) is 1. The zero-order valence-electron chi connectivity index (χ0n) is 19.0. The molecular formula is C24H35IN4O3. The van der Waals surface area contributed by atoms with Crippen LogP contribution in [0.3, 0.4) is 0 Å². The summed E-state index contributed by atoms with van der Waals surface area (Å²) in [5.74, 6) is 1.49. The molecule has 1 saturated heterocycles. The predicted octanol–water partition coefficient (Wildman–Crippen LogP) is 2.97. The first kappa shape index (κ1) is 26.3. The highest BCUT2D eigenvalue weighted by Gasteiger charge is 2.24. The molecule has 1 atom stereocenters. The Labute approximate surface area is 207 Å². The second-order valence-corrected chi connectivity index (χ2v) is 7.82. The van der Waals surface area contributed by atoms with Gasteiger partial charge in [0.15, 0.2) is 5.96 Å². The third-order valence-corrected chi connectivity index (χ3v) is 5.39. The van der Waals surface area contributed by atoms with Gasteiger partial charge in [-0.25, -0.2) is 4.99 Å². The molecule has 1 aliphatic heterocycles. The number of hydrogen-bond acceptors (Lipinski definition) is 4. The van der Waals surface area contributed by atoms with E-state index >= 15 is 0 Å². The van der Waals surface area contributed by atoms with Gasteiger partial charge in [0.25, 0.3) is 5.56 Å². The summed E-state index contributed by atoms with van der Waals surface area (Å²) in [7, 11) is 1.69. The van der Waals surface area contributed by atoms with Gasteiger partial charge in [-0.3, -0.25) is 4.79 Å². The van der Waals surface area contributed by atoms with Crippen molar-refractivity contribution < 1.29 is 9.47 Å². The fourth-order valence-electron chi connectivity index (χ4n) is 3.68. The van der Waals surface area contributed by atoms with Crippen LogP contribution in [0.25, 0.3) is 0 Å². The molecule has 0 saturated carbocycles. The Hall–Kier alpha value is -1.91. The first-order valence-corrected chi connectivity index (χ1v) is 11.0. The molecule has 1 aliphatic rings. The minimum Gasteiger partial charge on any atom is -0.382 e. The lowest BCUT2D eigenvalue weighted by Gasteiger charge is -2.21. The number of pyridine rings is 1. The number of benzene rings is 1. The third-order valence-electron chi connectivity index (χ3n) is 5.39. The Balaban J connectivity index is 0.00000363. The van der Waals surface area contributed by atoms with Crippen molar-refractivity contribution in [3.8, 4) is 0 Å². The number of likely N-dealkylation sites (tertiary alicyclic amines) is 1. The Morgan fingerprint density at radius 1 is 1.16 bits per heavy atom. The maximum atomic E-state index is 11.9. The summed E-state index contributed by atoms with van der Waals surface area (Å²) < 4.78 is 12.4. The van der Waals surface area contributed by atoms with Gasteiger partial charge in [0, 0.05) is 44.9 Å². The molecule has 176 valence electrons. The topological polar surface area (TPSA) is 68.1 Å². The highest BCUT2D eigenvalue weighted by Crippen LogP contribution is 2.17. The lowest BCUT2D eigenvalue weighted by Crippen LogP contribution is -2.40. The van der Waals surface area contributed by atoms with Crippen LogP contribution in [-0.2, 0) is 22.6 Å². The molecule has 1 unspecified atom stereocenters. The molecule has 1 aromatic heterocycles. The minimum absolute atomic E-state index is 0. The summed E-state index contributed by atoms with van der Waals surface area (Å²) in [6.07, 6.45) is 2.93. The normalized spacial score (nSPS) is 16.1. The van der Waals surface area contributed by atoms with Gasteiger partial charge < -0.3 is 24.3 Å². The quantitative estimate of drug-likeness (QED) is 0.212. The van der Waals surface area contributed by atoms with E-state index in [-0.39, 0.29) is 29.5 Å². The summed E-state index contributed by atoms with van der Waals surface area (Å²) in [6.45, 7) is 8.15. The third kappa shape index (κ3) is 8.22. The van der Waals surface area contributed by atoms with E-state index in [0.717, 1.165) is 49.7 Å². The van der Waals surface area contributed by atoms with E-state index in [2.05, 4.69) is 41.4 Å². The molecule has 7 nitrogen and oxygen atoms in total. The summed E-state index contributed by atoms with van der Waals surface area (Å²) >= 11 is 0. The highest BCUT2D eigenvalue weighted by atomic mass is 127. The van der Waals surface area contributed by atoms with Gasteiger partial charge in [0.05, 0.1) is 32.9 Å². The van der Waals surface area contributed by atoms with Crippen LogP contribution < -0.4 is 10.9 Å². The van der Waals surface area contributed by atoms with Crippen LogP contribution in [0.5, 0.6) is 0 Å². The fraction of sp³-hybridized carbons (Fsp3) is 0.500. The maximum Gasteiger partial charge on any atom is 0.250 e. The second-order valence-electron chi connectivity index (χ2n) is 7.82. The van der Waals surface area contributed by atoms with Gasteiger partial charge in [-0.2, -0.15) is 0 Å². The predicted molar refractivity (Wildman–Crippen MR) is 139 cm³/mol. The number of hydrogen-bond donors (Lipinski definition) is 1. The van der Waals surface area contributed by atoms with Crippen molar-refractivity contribution in [3.05, 3.63) is 70.1 Å². The van der Waals surface area contributed by atoms with Crippen LogP contribution in [0.1, 0.15) is 24.5 Å². The van der Waals surface area contributed by atoms with E-state index in [4.69, 9.17) is 14.5 Å². The van der Waals surface area contributed by atoms with Gasteiger partial charge in [-0.1, -0.05) is 30.3 Å². The summed E-state index contributed by atoms with van der Waals surface area (Å²) in [4.78, 5) is 19.1. The van der Waals surface area contributed by atoms with Gasteiger partial charge in [0.1, 0.15) is 0 Å². The number of methoxy groups -OCH3 is 1. The zero-order valence-corrected chi connectivity index (χ0v) is 21.4. The molecule has 8 heteroatoms. The molecule has 0 aliphatic carbocycles. The lowest BCUT2D eigenvalue weighted by atomic mass is 10.1. The van der Waals surface area contributed by atoms with E-state index < -0.39 is 0 Å². The number of aliphatic imine (C=N–C) groups is 1. The van der Waals surface area contributed by atoms with Crippen LogP contribution in [0, 0.1) is 5.92 Å².